The Balaban J connectivity index is 0.000000151. The summed E-state index contributed by atoms with van der Waals surface area (Å²) in [5, 5.41) is 30.6. The number of ether oxygens (including phenoxy) is 5. The zero-order chi connectivity index (χ0) is 88.4. The third kappa shape index (κ3) is 27.4. The maximum atomic E-state index is 14.9. The van der Waals surface area contributed by atoms with Crippen LogP contribution in [0, 0.1) is 17.7 Å². The van der Waals surface area contributed by atoms with E-state index in [1.165, 1.54) is 36.6 Å². The topological polar surface area (TPSA) is 290 Å². The van der Waals surface area contributed by atoms with Crippen LogP contribution < -0.4 is 59.2 Å². The Kier molecular flexibility index (Phi) is 32.0. The lowest BCUT2D eigenvalue weighted by Gasteiger charge is -2.36. The summed E-state index contributed by atoms with van der Waals surface area (Å²) in [6.45, 7) is 29.8. The SMILES string of the molecule is C=C(C)C[C@@H](C)c1ccc(OC2CCN(c3ncc(OC[C@H]4CC4(F)F)cn3)C2)cc1.CC(=O)C[C@@H](C)c1ccc(OC2CCN(c3ncnc(NCC4(O)CCC4)c3Cl)C2)cc1.CC(=O)C[C@@H](C)c1ccc(OC2CCN(c3ncnc(NCC4CC4)c3Cl)C2)cc1.CC(=O)C[C@@H](C)c1ccc(O[C@@H]2CCN(c3ncnc(NCC(C)(C)O)c3F)C2)cc1. The highest BCUT2D eigenvalue weighted by Gasteiger charge is 2.57. The summed E-state index contributed by atoms with van der Waals surface area (Å²) in [6, 6.07) is 32.2. The van der Waals surface area contributed by atoms with Crippen molar-refractivity contribution in [2.24, 2.45) is 11.8 Å². The van der Waals surface area contributed by atoms with Crippen LogP contribution in [0.4, 0.5) is 54.0 Å². The van der Waals surface area contributed by atoms with E-state index in [9.17, 15) is 37.8 Å². The number of nitrogens with one attached hydrogen (secondary N) is 3. The van der Waals surface area contributed by atoms with E-state index in [1.807, 2.05) is 84.6 Å². The monoisotopic (exact) mass is 1750 g/mol. The molecule has 4 aromatic heterocycles. The van der Waals surface area contributed by atoms with Gasteiger partial charge in [0.1, 0.15) is 99.6 Å². The number of rotatable bonds is 36. The number of ketones is 3. The number of hydrogen-bond acceptors (Lipinski definition) is 25. The van der Waals surface area contributed by atoms with E-state index < -0.39 is 28.9 Å². The highest BCUT2D eigenvalue weighted by atomic mass is 35.5. The van der Waals surface area contributed by atoms with Crippen molar-refractivity contribution < 1.29 is 61.5 Å². The zero-order valence-corrected chi connectivity index (χ0v) is 74.4. The van der Waals surface area contributed by atoms with Crippen molar-refractivity contribution in [1.29, 1.82) is 0 Å². The molecule has 666 valence electrons. The number of hydrogen-bond donors (Lipinski definition) is 5. The molecule has 7 aliphatic rings. The van der Waals surface area contributed by atoms with Gasteiger partial charge in [0.2, 0.25) is 11.8 Å². The minimum Gasteiger partial charge on any atom is -0.490 e. The third-order valence-electron chi connectivity index (χ3n) is 23.4. The summed E-state index contributed by atoms with van der Waals surface area (Å²) in [5.41, 5.74) is 4.23. The summed E-state index contributed by atoms with van der Waals surface area (Å²) < 4.78 is 70.7. The molecule has 25 nitrogen and oxygen atoms in total. The number of halogens is 5. The van der Waals surface area contributed by atoms with E-state index in [4.69, 9.17) is 46.9 Å². The summed E-state index contributed by atoms with van der Waals surface area (Å²) in [6.07, 6.45) is 18.7. The quantitative estimate of drug-likeness (QED) is 0.0228. The number of carbonyl (C=O) groups excluding carboxylic acids is 3. The summed E-state index contributed by atoms with van der Waals surface area (Å²) in [5.74, 6) is 5.91. The van der Waals surface area contributed by atoms with Crippen molar-refractivity contribution in [2.45, 2.75) is 224 Å². The Bertz CT molecular complexity index is 4840. The van der Waals surface area contributed by atoms with E-state index >= 15 is 0 Å². The predicted molar refractivity (Wildman–Crippen MR) is 480 cm³/mol. The Morgan fingerprint density at radius 2 is 0.879 bits per heavy atom. The smallest absolute Gasteiger partial charge is 0.255 e. The highest BCUT2D eigenvalue weighted by Crippen LogP contribution is 2.49. The van der Waals surface area contributed by atoms with E-state index in [2.05, 4.69) is 129 Å². The van der Waals surface area contributed by atoms with E-state index in [-0.39, 0.29) is 90.7 Å². The van der Waals surface area contributed by atoms with Crippen LogP contribution >= 0.6 is 23.2 Å². The molecule has 0 amide bonds. The Hall–Kier alpha value is -10.2. The third-order valence-corrected chi connectivity index (χ3v) is 24.0. The number of aliphatic hydroxyl groups is 2. The molecule has 3 aliphatic carbocycles. The lowest BCUT2D eigenvalue weighted by atomic mass is 9.80. The standard InChI is InChI=1S/C24H31ClN4O3.C24H29F2N3O2.C23H29ClN4O2.C23H31FN4O3/c1-16(12-17(2)30)18-4-6-19(7-5-18)32-20-8-11-29(13-20)23-21(25)22(27-15-28-23)26-14-24(31)9-3-10-24;1-16(2)10-17(3)18-4-6-20(7-5-18)31-21-8-9-29(14-21)23-27-12-22(13-28-23)30-15-19-11-24(19,25)26;1-15(11-16(2)29)18-5-7-19(8-6-18)30-20-9-10-28(13-20)23-21(24)22(26-14-27-23)25-12-17-3-4-17;1-15(11-16(2)29)17-5-7-18(8-6-17)31-19-9-10-28(12-19)22-20(24)21(26-14-27-22)25-13-23(3,4)30/h4-7,15-16,20,31H,3,8-14H2,1-2H3,(H,26,27,28);4-7,12-13,17,19,21H,1,8-11,14-15H2,2-3H3;5-8,14-15,17,20H,3-4,9-13H2,1-2H3,(H,25,26,27);5-8,14-15,19,30H,9-13H2,1-4H3,(H,25,26,27)/t16-,20?;17-,19-,21?;15-,20?;15-,19-/m1111/s1. The van der Waals surface area contributed by atoms with E-state index in [1.54, 1.807) is 53.3 Å². The maximum absolute atomic E-state index is 14.9. The first-order valence-corrected chi connectivity index (χ1v) is 44.2. The molecule has 4 aliphatic heterocycles. The molecule has 3 saturated carbocycles. The normalized spacial score (nSPS) is 20.1. The van der Waals surface area contributed by atoms with Gasteiger partial charge < -0.3 is 83.8 Å². The number of aromatic nitrogens is 8. The summed E-state index contributed by atoms with van der Waals surface area (Å²) >= 11 is 13.2. The van der Waals surface area contributed by atoms with Crippen LogP contribution in [-0.4, -0.2) is 188 Å². The van der Waals surface area contributed by atoms with Gasteiger partial charge in [0, 0.05) is 97.2 Å². The molecule has 0 radical (unpaired) electrons. The average molecular weight is 1750 g/mol. The van der Waals surface area contributed by atoms with Crippen molar-refractivity contribution in [2.75, 3.05) is 114 Å². The van der Waals surface area contributed by atoms with Gasteiger partial charge in [-0.15, -0.1) is 6.58 Å². The van der Waals surface area contributed by atoms with Crippen LogP contribution in [0.3, 0.4) is 0 Å². The van der Waals surface area contributed by atoms with Crippen molar-refractivity contribution in [1.82, 2.24) is 39.9 Å². The van der Waals surface area contributed by atoms with Gasteiger partial charge >= 0.3 is 0 Å². The fourth-order valence-corrected chi connectivity index (χ4v) is 16.4. The fraction of sp³-hybridized carbons (Fsp3) is 0.521. The zero-order valence-electron chi connectivity index (χ0n) is 72.9. The molecule has 5 N–H and O–H groups in total. The highest BCUT2D eigenvalue weighted by molar-refractivity contribution is 6.35. The molecule has 30 heteroatoms. The molecule has 3 unspecified atom stereocenters. The van der Waals surface area contributed by atoms with Crippen LogP contribution in [0.25, 0.3) is 0 Å². The molecule has 9 atom stereocenters. The number of allylic oxidation sites excluding steroid dienone is 1. The second kappa shape index (κ2) is 42.7. The van der Waals surface area contributed by atoms with Crippen LogP contribution in [0.1, 0.15) is 205 Å². The summed E-state index contributed by atoms with van der Waals surface area (Å²) in [7, 11) is 0. The van der Waals surface area contributed by atoms with Gasteiger partial charge in [-0.2, -0.15) is 4.39 Å². The fourth-order valence-electron chi connectivity index (χ4n) is 15.8. The molecule has 15 rings (SSSR count). The number of anilines is 7. The van der Waals surface area contributed by atoms with Gasteiger partial charge in [-0.1, -0.05) is 105 Å². The minimum atomic E-state index is -2.57. The molecule has 8 aromatic rings. The van der Waals surface area contributed by atoms with Gasteiger partial charge in [0.15, 0.2) is 34.8 Å². The molecule has 0 spiro atoms. The molecule has 0 bridgehead atoms. The first kappa shape index (κ1) is 93.0. The van der Waals surface area contributed by atoms with Crippen molar-refractivity contribution >= 4 is 81.4 Å². The predicted octanol–water partition coefficient (Wildman–Crippen LogP) is 17.7. The largest absolute Gasteiger partial charge is 0.490 e. The average Bonchev–Trinajstić information content (AvgIpc) is 1.64. The van der Waals surface area contributed by atoms with E-state index in [0.29, 0.717) is 97.1 Å². The van der Waals surface area contributed by atoms with Crippen molar-refractivity contribution in [3.8, 4) is 28.7 Å². The lowest BCUT2D eigenvalue weighted by Crippen LogP contribution is -2.43. The Morgan fingerprint density at radius 3 is 1.24 bits per heavy atom. The second-order valence-corrected chi connectivity index (χ2v) is 36.1. The maximum Gasteiger partial charge on any atom is 0.255 e. The van der Waals surface area contributed by atoms with Crippen LogP contribution in [0.15, 0.2) is 141 Å². The second-order valence-electron chi connectivity index (χ2n) is 35.4. The lowest BCUT2D eigenvalue weighted by molar-refractivity contribution is -0.118. The first-order valence-electron chi connectivity index (χ1n) is 43.4. The molecule has 4 saturated heterocycles. The van der Waals surface area contributed by atoms with Crippen LogP contribution in [0.2, 0.25) is 10.0 Å². The molecule has 124 heavy (non-hydrogen) atoms. The van der Waals surface area contributed by atoms with Gasteiger partial charge in [0.05, 0.1) is 62.3 Å². The van der Waals surface area contributed by atoms with Gasteiger partial charge in [0.25, 0.3) is 5.92 Å². The molecule has 8 heterocycles. The van der Waals surface area contributed by atoms with Crippen LogP contribution in [0.5, 0.6) is 28.7 Å². The molecular weight excluding hydrogens is 1630 g/mol. The number of nitrogens with zero attached hydrogens (tertiary/aromatic N) is 12. The van der Waals surface area contributed by atoms with Gasteiger partial charge in [-0.3, -0.25) is 0 Å². The Labute approximate surface area is 736 Å². The van der Waals surface area contributed by atoms with E-state index in [0.717, 1.165) is 136 Å². The number of benzene rings is 4. The molecule has 7 fully saturated rings. The Morgan fingerprint density at radius 1 is 0.516 bits per heavy atom. The van der Waals surface area contributed by atoms with Crippen LogP contribution in [-0.2, 0) is 14.4 Å². The van der Waals surface area contributed by atoms with Gasteiger partial charge in [-0.25, -0.2) is 48.7 Å². The minimum absolute atomic E-state index is 0.0000985. The number of alkyl halides is 2. The summed E-state index contributed by atoms with van der Waals surface area (Å²) in [4.78, 5) is 76.3. The first-order chi connectivity index (χ1) is 59.2. The number of Topliss-reactive ketones (excluding diaryl/α,β-unsaturated/α-hetero) is 3. The molecular formula is C94H120Cl2F3N15O10. The number of carbonyl (C=O) groups is 3. The molecule has 4 aromatic carbocycles. The van der Waals surface area contributed by atoms with Crippen molar-refractivity contribution in [3.63, 3.8) is 0 Å². The van der Waals surface area contributed by atoms with Gasteiger partial charge in [-0.05, 0) is 180 Å². The van der Waals surface area contributed by atoms with Crippen molar-refractivity contribution in [3.05, 3.63) is 179 Å².